The number of aliphatic hydroxyl groups is 1. The second-order valence-electron chi connectivity index (χ2n) is 9.22. The van der Waals surface area contributed by atoms with Crippen LogP contribution in [0.5, 0.6) is 11.5 Å². The molecule has 10 heteroatoms. The van der Waals surface area contributed by atoms with Gasteiger partial charge in [-0.05, 0) is 43.2 Å². The Bertz CT molecular complexity index is 1280. The lowest BCUT2D eigenvalue weighted by molar-refractivity contribution is -0.143. The average Bonchev–Trinajstić information content (AvgIpc) is 3.53. The fourth-order valence-electron chi connectivity index (χ4n) is 5.77. The number of anilines is 1. The van der Waals surface area contributed by atoms with Gasteiger partial charge in [0.25, 0.3) is 0 Å². The summed E-state index contributed by atoms with van der Waals surface area (Å²) >= 11 is 6.27. The maximum atomic E-state index is 13.8. The first-order valence-electron chi connectivity index (χ1n) is 11.0. The lowest BCUT2D eigenvalue weighted by Crippen LogP contribution is -2.54. The highest BCUT2D eigenvalue weighted by atomic mass is 35.5. The summed E-state index contributed by atoms with van der Waals surface area (Å²) in [6, 6.07) is 7.84. The van der Waals surface area contributed by atoms with E-state index in [0.717, 1.165) is 0 Å². The molecule has 2 aromatic carbocycles. The summed E-state index contributed by atoms with van der Waals surface area (Å²) in [6.45, 7) is 3.48. The van der Waals surface area contributed by atoms with Crippen molar-refractivity contribution in [1.29, 1.82) is 0 Å². The van der Waals surface area contributed by atoms with Gasteiger partial charge in [-0.15, -0.1) is 0 Å². The number of benzene rings is 2. The first-order chi connectivity index (χ1) is 16.2. The van der Waals surface area contributed by atoms with Gasteiger partial charge >= 0.3 is 0 Å². The monoisotopic (exact) mass is 483 g/mol. The van der Waals surface area contributed by atoms with Crippen LogP contribution in [0.15, 0.2) is 30.3 Å². The summed E-state index contributed by atoms with van der Waals surface area (Å²) in [5.74, 6) is -2.06. The minimum Gasteiger partial charge on any atom is -0.454 e. The van der Waals surface area contributed by atoms with Crippen LogP contribution in [0.3, 0.4) is 0 Å². The molecule has 4 heterocycles. The molecule has 9 nitrogen and oxygen atoms in total. The molecule has 0 aromatic heterocycles. The highest BCUT2D eigenvalue weighted by Gasteiger charge is 2.71. The normalized spacial score (nSPS) is 29.6. The van der Waals surface area contributed by atoms with Crippen LogP contribution >= 0.6 is 11.6 Å². The van der Waals surface area contributed by atoms with Crippen LogP contribution in [-0.4, -0.2) is 46.7 Å². The Labute approximate surface area is 200 Å². The number of hydrogen-bond acceptors (Lipinski definition) is 7. The zero-order valence-electron chi connectivity index (χ0n) is 18.4. The van der Waals surface area contributed by atoms with E-state index in [2.05, 4.69) is 10.6 Å². The lowest BCUT2D eigenvalue weighted by atomic mass is 9.76. The number of halogens is 1. The van der Waals surface area contributed by atoms with Crippen molar-refractivity contribution in [3.05, 3.63) is 52.0 Å². The predicted octanol–water partition coefficient (Wildman–Crippen LogP) is 1.68. The van der Waals surface area contributed by atoms with E-state index < -0.39 is 47.2 Å². The summed E-state index contributed by atoms with van der Waals surface area (Å²) in [7, 11) is 0. The molecule has 4 aliphatic heterocycles. The van der Waals surface area contributed by atoms with Crippen LogP contribution in [0.1, 0.15) is 23.6 Å². The summed E-state index contributed by atoms with van der Waals surface area (Å²) in [6.07, 6.45) is -0.973. The Kier molecular flexibility index (Phi) is 4.52. The van der Waals surface area contributed by atoms with Gasteiger partial charge in [-0.3, -0.25) is 24.6 Å². The Balaban J connectivity index is 1.43. The standard InChI is InChI=1S/C24H22ClN3O6/c1-10-14(25)5-4-13-19(10)26-23(32)24(13)18-17(20(27-24)11(2)29)21(30)28(22(18)31)8-12-3-6-15-16(7-12)34-9-33-15/h3-7,11,17-18,20,27,29H,8-9H2,1-2H3,(H,26,32)/t11-,17+,18+,20-,24+/m1/s1. The quantitative estimate of drug-likeness (QED) is 0.568. The molecular formula is C24H22ClN3O6. The summed E-state index contributed by atoms with van der Waals surface area (Å²) in [5.41, 5.74) is 0.985. The van der Waals surface area contributed by atoms with Crippen LogP contribution in [0, 0.1) is 18.8 Å². The zero-order chi connectivity index (χ0) is 23.9. The first kappa shape index (κ1) is 21.4. The largest absolute Gasteiger partial charge is 0.454 e. The summed E-state index contributed by atoms with van der Waals surface area (Å²) in [5, 5.41) is 17.1. The molecule has 6 rings (SSSR count). The van der Waals surface area contributed by atoms with Crippen LogP contribution in [-0.2, 0) is 26.5 Å². The Morgan fingerprint density at radius 1 is 1.18 bits per heavy atom. The molecular weight excluding hydrogens is 462 g/mol. The Morgan fingerprint density at radius 3 is 2.71 bits per heavy atom. The van der Waals surface area contributed by atoms with Crippen molar-refractivity contribution in [3.63, 3.8) is 0 Å². The molecule has 0 aliphatic carbocycles. The molecule has 2 aromatic rings. The SMILES string of the molecule is Cc1c(Cl)ccc2c1NC(=O)[C@]21N[C@H]([C@@H](C)O)[C@H]2C(=O)N(Cc3ccc4c(c3)OCO4)C(=O)[C@H]21. The molecule has 4 aliphatic rings. The van der Waals surface area contributed by atoms with E-state index in [1.807, 2.05) is 0 Å². The number of likely N-dealkylation sites (tertiary alicyclic amines) is 1. The first-order valence-corrected chi connectivity index (χ1v) is 11.4. The van der Waals surface area contributed by atoms with Gasteiger partial charge < -0.3 is 19.9 Å². The average molecular weight is 484 g/mol. The van der Waals surface area contributed by atoms with E-state index in [4.69, 9.17) is 21.1 Å². The molecule has 3 N–H and O–H groups in total. The highest BCUT2D eigenvalue weighted by Crippen LogP contribution is 2.54. The van der Waals surface area contributed by atoms with Crippen molar-refractivity contribution in [2.45, 2.75) is 38.1 Å². The maximum absolute atomic E-state index is 13.8. The molecule has 34 heavy (non-hydrogen) atoms. The number of rotatable bonds is 3. The van der Waals surface area contributed by atoms with Crippen LogP contribution in [0.25, 0.3) is 0 Å². The van der Waals surface area contributed by atoms with Crippen molar-refractivity contribution in [2.24, 2.45) is 11.8 Å². The second kappa shape index (κ2) is 7.18. The Morgan fingerprint density at radius 2 is 1.94 bits per heavy atom. The molecule has 0 unspecified atom stereocenters. The number of hydrogen-bond donors (Lipinski definition) is 3. The molecule has 0 saturated carbocycles. The fraction of sp³-hybridized carbons (Fsp3) is 0.375. The third kappa shape index (κ3) is 2.65. The van der Waals surface area contributed by atoms with Crippen molar-refractivity contribution in [1.82, 2.24) is 10.2 Å². The molecule has 0 bridgehead atoms. The molecule has 0 radical (unpaired) electrons. The number of amides is 3. The van der Waals surface area contributed by atoms with Crippen LogP contribution < -0.4 is 20.1 Å². The summed E-state index contributed by atoms with van der Waals surface area (Å²) in [4.78, 5) is 42.0. The minimum atomic E-state index is -1.48. The number of imide groups is 1. The van der Waals surface area contributed by atoms with E-state index >= 15 is 0 Å². The maximum Gasteiger partial charge on any atom is 0.250 e. The lowest BCUT2D eigenvalue weighted by Gasteiger charge is -2.30. The van der Waals surface area contributed by atoms with E-state index in [9.17, 15) is 19.5 Å². The topological polar surface area (TPSA) is 117 Å². The third-order valence-corrected chi connectivity index (χ3v) is 7.82. The second-order valence-corrected chi connectivity index (χ2v) is 9.63. The van der Waals surface area contributed by atoms with Gasteiger partial charge in [0.05, 0.1) is 30.2 Å². The number of fused-ring (bicyclic) bond motifs is 5. The van der Waals surface area contributed by atoms with E-state index in [0.29, 0.717) is 38.9 Å². The van der Waals surface area contributed by atoms with Gasteiger partial charge in [-0.1, -0.05) is 23.7 Å². The molecule has 2 saturated heterocycles. The molecule has 5 atom stereocenters. The highest BCUT2D eigenvalue weighted by molar-refractivity contribution is 6.32. The van der Waals surface area contributed by atoms with Crippen molar-refractivity contribution in [2.75, 3.05) is 12.1 Å². The van der Waals surface area contributed by atoms with Gasteiger partial charge in [-0.2, -0.15) is 0 Å². The van der Waals surface area contributed by atoms with Gasteiger partial charge in [0.1, 0.15) is 5.54 Å². The third-order valence-electron chi connectivity index (χ3n) is 7.41. The number of aliphatic hydroxyl groups excluding tert-OH is 1. The van der Waals surface area contributed by atoms with Crippen LogP contribution in [0.4, 0.5) is 5.69 Å². The van der Waals surface area contributed by atoms with Crippen molar-refractivity contribution < 1.29 is 29.0 Å². The van der Waals surface area contributed by atoms with Gasteiger partial charge in [-0.25, -0.2) is 0 Å². The Hall–Kier alpha value is -3.14. The number of carbonyl (C=O) groups is 3. The van der Waals surface area contributed by atoms with Gasteiger partial charge in [0.15, 0.2) is 11.5 Å². The van der Waals surface area contributed by atoms with Crippen LogP contribution in [0.2, 0.25) is 5.02 Å². The van der Waals surface area contributed by atoms with Gasteiger partial charge in [0.2, 0.25) is 24.5 Å². The van der Waals surface area contributed by atoms with E-state index in [1.54, 1.807) is 44.2 Å². The fourth-order valence-corrected chi connectivity index (χ4v) is 5.93. The minimum absolute atomic E-state index is 0.0258. The molecule has 1 spiro atoms. The van der Waals surface area contributed by atoms with E-state index in [1.165, 1.54) is 4.90 Å². The summed E-state index contributed by atoms with van der Waals surface area (Å²) < 4.78 is 10.7. The number of nitrogens with zero attached hydrogens (tertiary/aromatic N) is 1. The number of nitrogens with one attached hydrogen (secondary N) is 2. The number of carbonyl (C=O) groups excluding carboxylic acids is 3. The predicted molar refractivity (Wildman–Crippen MR) is 120 cm³/mol. The van der Waals surface area contributed by atoms with Gasteiger partial charge in [0, 0.05) is 16.6 Å². The molecule has 2 fully saturated rings. The smallest absolute Gasteiger partial charge is 0.250 e. The van der Waals surface area contributed by atoms with Crippen molar-refractivity contribution >= 4 is 35.0 Å². The number of ether oxygens (including phenoxy) is 2. The van der Waals surface area contributed by atoms with Crippen molar-refractivity contribution in [3.8, 4) is 11.5 Å². The van der Waals surface area contributed by atoms with E-state index in [-0.39, 0.29) is 13.3 Å². The zero-order valence-corrected chi connectivity index (χ0v) is 19.2. The molecule has 176 valence electrons. The molecule has 3 amide bonds.